The Bertz CT molecular complexity index is 323. The zero-order valence-corrected chi connectivity index (χ0v) is 12.5. The van der Waals surface area contributed by atoms with E-state index in [9.17, 15) is 4.79 Å². The Morgan fingerprint density at radius 2 is 2.00 bits per heavy atom. The molecule has 0 radical (unpaired) electrons. The van der Waals surface area contributed by atoms with Crippen LogP contribution in [0.15, 0.2) is 0 Å². The van der Waals surface area contributed by atoms with Crippen molar-refractivity contribution in [3.05, 3.63) is 0 Å². The molecule has 5 nitrogen and oxygen atoms in total. The van der Waals surface area contributed by atoms with Crippen LogP contribution in [-0.4, -0.2) is 60.6 Å². The van der Waals surface area contributed by atoms with Crippen LogP contribution in [0.25, 0.3) is 0 Å². The van der Waals surface area contributed by atoms with Crippen molar-refractivity contribution in [2.24, 2.45) is 11.7 Å². The largest absolute Gasteiger partial charge is 0.333 e. The zero-order valence-electron chi connectivity index (χ0n) is 12.5. The number of nitrogens with two attached hydrogens (primary N) is 1. The molecule has 0 spiro atoms. The molecule has 0 aromatic heterocycles. The lowest BCUT2D eigenvalue weighted by Gasteiger charge is -2.36. The number of likely N-dealkylation sites (tertiary alicyclic amines) is 1. The molecule has 110 valence electrons. The van der Waals surface area contributed by atoms with E-state index in [-0.39, 0.29) is 11.6 Å². The highest BCUT2D eigenvalue weighted by molar-refractivity contribution is 5.77. The topological polar surface area (TPSA) is 61.6 Å². The van der Waals surface area contributed by atoms with Crippen LogP contribution in [0.3, 0.4) is 0 Å². The summed E-state index contributed by atoms with van der Waals surface area (Å²) in [5.74, 6) is 0.624. The van der Waals surface area contributed by atoms with Gasteiger partial charge in [-0.05, 0) is 65.7 Å². The summed E-state index contributed by atoms with van der Waals surface area (Å²) in [7, 11) is 2.17. The number of carbonyl (C=O) groups is 1. The fraction of sp³-hybridized carbons (Fsp3) is 0.929. The van der Waals surface area contributed by atoms with Crippen molar-refractivity contribution in [3.8, 4) is 0 Å². The first-order valence-corrected chi connectivity index (χ1v) is 7.41. The second-order valence-corrected chi connectivity index (χ2v) is 6.66. The molecule has 0 aromatic carbocycles. The van der Waals surface area contributed by atoms with Crippen molar-refractivity contribution < 1.29 is 4.79 Å². The third-order valence-electron chi connectivity index (χ3n) is 4.75. The molecule has 2 saturated heterocycles. The minimum absolute atomic E-state index is 0.0855. The standard InChI is InChI=1S/C14H28N4O/c1-14(2,6-7-15)18-10-12(16-13(18)19)11-4-8-17(3)9-5-11/h11-12H,4-10,15H2,1-3H3,(H,16,19). The summed E-state index contributed by atoms with van der Waals surface area (Å²) < 4.78 is 0. The van der Waals surface area contributed by atoms with Gasteiger partial charge < -0.3 is 20.9 Å². The minimum atomic E-state index is -0.140. The summed E-state index contributed by atoms with van der Waals surface area (Å²) in [6, 6.07) is 0.403. The molecule has 1 unspecified atom stereocenters. The molecule has 2 fully saturated rings. The molecule has 3 N–H and O–H groups in total. The van der Waals surface area contributed by atoms with E-state index < -0.39 is 0 Å². The Labute approximate surface area is 116 Å². The second kappa shape index (κ2) is 5.67. The van der Waals surface area contributed by atoms with E-state index in [1.165, 1.54) is 12.8 Å². The Balaban J connectivity index is 1.95. The van der Waals surface area contributed by atoms with Gasteiger partial charge in [0, 0.05) is 12.1 Å². The van der Waals surface area contributed by atoms with Gasteiger partial charge in [-0.3, -0.25) is 0 Å². The first kappa shape index (κ1) is 14.6. The highest BCUT2D eigenvalue weighted by Crippen LogP contribution is 2.28. The molecule has 0 bridgehead atoms. The third-order valence-corrected chi connectivity index (χ3v) is 4.75. The van der Waals surface area contributed by atoms with Gasteiger partial charge in [-0.2, -0.15) is 0 Å². The van der Waals surface area contributed by atoms with Crippen molar-refractivity contribution in [1.29, 1.82) is 0 Å². The van der Waals surface area contributed by atoms with E-state index in [4.69, 9.17) is 5.73 Å². The monoisotopic (exact) mass is 268 g/mol. The smallest absolute Gasteiger partial charge is 0.318 e. The molecule has 19 heavy (non-hydrogen) atoms. The van der Waals surface area contributed by atoms with Gasteiger partial charge in [-0.25, -0.2) is 4.79 Å². The summed E-state index contributed by atoms with van der Waals surface area (Å²) in [6.45, 7) is 7.95. The fourth-order valence-corrected chi connectivity index (χ4v) is 3.27. The normalized spacial score (nSPS) is 26.8. The Morgan fingerprint density at radius 1 is 1.37 bits per heavy atom. The number of amides is 2. The second-order valence-electron chi connectivity index (χ2n) is 6.66. The van der Waals surface area contributed by atoms with E-state index in [1.807, 2.05) is 4.90 Å². The molecule has 2 heterocycles. The Morgan fingerprint density at radius 3 is 2.58 bits per heavy atom. The average molecular weight is 268 g/mol. The van der Waals surface area contributed by atoms with Crippen molar-refractivity contribution in [2.45, 2.75) is 44.7 Å². The maximum atomic E-state index is 12.2. The molecule has 2 rings (SSSR count). The lowest BCUT2D eigenvalue weighted by Crippen LogP contribution is -2.47. The molecule has 2 aliphatic rings. The zero-order chi connectivity index (χ0) is 14.0. The molecular formula is C14H28N4O. The van der Waals surface area contributed by atoms with Crippen molar-refractivity contribution >= 4 is 6.03 Å². The summed E-state index contributed by atoms with van der Waals surface area (Å²) in [4.78, 5) is 16.5. The molecule has 5 heteroatoms. The van der Waals surface area contributed by atoms with Crippen LogP contribution in [0.2, 0.25) is 0 Å². The number of nitrogens with one attached hydrogen (secondary N) is 1. The van der Waals surface area contributed by atoms with Gasteiger partial charge in [-0.1, -0.05) is 0 Å². The van der Waals surface area contributed by atoms with E-state index in [1.54, 1.807) is 0 Å². The quantitative estimate of drug-likeness (QED) is 0.794. The number of hydrogen-bond acceptors (Lipinski definition) is 3. The third kappa shape index (κ3) is 3.20. The lowest BCUT2D eigenvalue weighted by molar-refractivity contribution is 0.145. The first-order chi connectivity index (χ1) is 8.94. The molecule has 2 amide bonds. The maximum Gasteiger partial charge on any atom is 0.318 e. The van der Waals surface area contributed by atoms with Crippen LogP contribution in [-0.2, 0) is 0 Å². The number of hydrogen-bond donors (Lipinski definition) is 2. The number of carbonyl (C=O) groups excluding carboxylic acids is 1. The molecule has 0 saturated carbocycles. The highest BCUT2D eigenvalue weighted by atomic mass is 16.2. The van der Waals surface area contributed by atoms with E-state index >= 15 is 0 Å². The molecule has 1 atom stereocenters. The lowest BCUT2D eigenvalue weighted by atomic mass is 9.89. The summed E-state index contributed by atoms with van der Waals surface area (Å²) in [6.07, 6.45) is 3.22. The number of nitrogens with zero attached hydrogens (tertiary/aromatic N) is 2. The van der Waals surface area contributed by atoms with E-state index in [0.29, 0.717) is 18.5 Å². The predicted molar refractivity (Wildman–Crippen MR) is 77.0 cm³/mol. The first-order valence-electron chi connectivity index (χ1n) is 7.41. The van der Waals surface area contributed by atoms with E-state index in [0.717, 1.165) is 26.1 Å². The number of piperidine rings is 1. The van der Waals surface area contributed by atoms with Crippen LogP contribution < -0.4 is 11.1 Å². The van der Waals surface area contributed by atoms with Crippen LogP contribution in [0, 0.1) is 5.92 Å². The Hall–Kier alpha value is -0.810. The number of rotatable bonds is 4. The number of urea groups is 1. The van der Waals surface area contributed by atoms with Crippen molar-refractivity contribution in [1.82, 2.24) is 15.1 Å². The maximum absolute atomic E-state index is 12.2. The molecule has 0 aliphatic carbocycles. The fourth-order valence-electron chi connectivity index (χ4n) is 3.27. The van der Waals surface area contributed by atoms with Crippen LogP contribution in [0.1, 0.15) is 33.1 Å². The van der Waals surface area contributed by atoms with Gasteiger partial charge in [0.15, 0.2) is 0 Å². The highest BCUT2D eigenvalue weighted by Gasteiger charge is 2.41. The summed E-state index contributed by atoms with van der Waals surface area (Å²) >= 11 is 0. The van der Waals surface area contributed by atoms with Gasteiger partial charge in [0.05, 0.1) is 6.04 Å². The predicted octanol–water partition coefficient (Wildman–Crippen LogP) is 0.849. The van der Waals surface area contributed by atoms with Crippen molar-refractivity contribution in [2.75, 3.05) is 33.2 Å². The minimum Gasteiger partial charge on any atom is -0.333 e. The van der Waals surface area contributed by atoms with Gasteiger partial charge >= 0.3 is 6.03 Å². The Kier molecular flexibility index (Phi) is 4.36. The van der Waals surface area contributed by atoms with Crippen LogP contribution in [0.5, 0.6) is 0 Å². The van der Waals surface area contributed by atoms with Gasteiger partial charge in [0.25, 0.3) is 0 Å². The van der Waals surface area contributed by atoms with Crippen molar-refractivity contribution in [3.63, 3.8) is 0 Å². The van der Waals surface area contributed by atoms with Gasteiger partial charge in [0.1, 0.15) is 0 Å². The van der Waals surface area contributed by atoms with Gasteiger partial charge in [-0.15, -0.1) is 0 Å². The summed E-state index contributed by atoms with van der Waals surface area (Å²) in [5, 5.41) is 3.18. The molecule has 0 aromatic rings. The molecular weight excluding hydrogens is 240 g/mol. The van der Waals surface area contributed by atoms with E-state index in [2.05, 4.69) is 31.1 Å². The average Bonchev–Trinajstić information content (AvgIpc) is 2.73. The van der Waals surface area contributed by atoms with Gasteiger partial charge in [0.2, 0.25) is 0 Å². The summed E-state index contributed by atoms with van der Waals surface area (Å²) in [5.41, 5.74) is 5.52. The molecule has 2 aliphatic heterocycles. The van der Waals surface area contributed by atoms with Crippen LogP contribution in [0.4, 0.5) is 4.79 Å². The SMILES string of the molecule is CN1CCC(C2CN(C(C)(C)CCN)C(=O)N2)CC1. The van der Waals surface area contributed by atoms with Crippen LogP contribution >= 0.6 is 0 Å².